The number of nitrogens with one attached hydrogen (secondary N) is 2. The molecule has 140 valence electrons. The van der Waals surface area contributed by atoms with Crippen LogP contribution in [0.5, 0.6) is 0 Å². The molecule has 0 saturated heterocycles. The molecule has 0 aromatic carbocycles. The van der Waals surface area contributed by atoms with Crippen LogP contribution in [0, 0.1) is 0 Å². The predicted octanol–water partition coefficient (Wildman–Crippen LogP) is -3.53. The lowest BCUT2D eigenvalue weighted by molar-refractivity contribution is 0.0849. The van der Waals surface area contributed by atoms with E-state index in [0.29, 0.717) is 0 Å². The van der Waals surface area contributed by atoms with E-state index in [1.165, 1.54) is 9.44 Å². The molecule has 0 fully saturated rings. The van der Waals surface area contributed by atoms with Crippen molar-refractivity contribution in [1.29, 1.82) is 0 Å². The average Bonchev–Trinajstić information content (AvgIpc) is 2.22. The first kappa shape index (κ1) is 22.5. The summed E-state index contributed by atoms with van der Waals surface area (Å²) in [5.41, 5.74) is 0. The summed E-state index contributed by atoms with van der Waals surface area (Å²) in [4.78, 5) is 0. The van der Waals surface area contributed by atoms with Gasteiger partial charge in [0.1, 0.15) is 12.5 Å². The van der Waals surface area contributed by atoms with E-state index in [1.807, 2.05) is 0 Å². The molecule has 0 amide bonds. The topological polar surface area (TPSA) is 226 Å². The molecule has 2 unspecified atom stereocenters. The van der Waals surface area contributed by atoms with Gasteiger partial charge in [0.15, 0.2) is 0 Å². The van der Waals surface area contributed by atoms with Crippen LogP contribution in [-0.4, -0.2) is 70.2 Å². The van der Waals surface area contributed by atoms with Gasteiger partial charge in [0, 0.05) is 26.1 Å². The zero-order chi connectivity index (χ0) is 18.3. The summed E-state index contributed by atoms with van der Waals surface area (Å²) in [6.45, 7) is -1.49. The molecule has 0 aliphatic heterocycles. The maximum atomic E-state index is 11.5. The highest BCUT2D eigenvalue weighted by Gasteiger charge is 2.28. The van der Waals surface area contributed by atoms with E-state index in [-0.39, 0.29) is 0 Å². The van der Waals surface area contributed by atoms with Gasteiger partial charge in [0.2, 0.25) is 0 Å². The van der Waals surface area contributed by atoms with Crippen molar-refractivity contribution in [3.63, 3.8) is 0 Å². The molecular weight excluding hydrogens is 388 g/mol. The van der Waals surface area contributed by atoms with Gasteiger partial charge < -0.3 is 10.2 Å². The zero-order valence-electron chi connectivity index (χ0n) is 11.3. The second-order valence-corrected chi connectivity index (χ2v) is 7.36. The predicted molar refractivity (Wildman–Crippen MR) is 71.4 cm³/mol. The summed E-state index contributed by atoms with van der Waals surface area (Å²) in [6.07, 6.45) is -5.14. The minimum atomic E-state index is -5.07. The molecule has 0 bridgehead atoms. The van der Waals surface area contributed by atoms with Crippen LogP contribution in [0.1, 0.15) is 12.8 Å². The summed E-state index contributed by atoms with van der Waals surface area (Å²) >= 11 is 0. The van der Waals surface area contributed by atoms with Crippen molar-refractivity contribution in [2.45, 2.75) is 25.3 Å². The molecular formula is C6H16N2O12S3. The summed E-state index contributed by atoms with van der Waals surface area (Å²) in [5.74, 6) is 0. The van der Waals surface area contributed by atoms with E-state index in [2.05, 4.69) is 8.37 Å². The summed E-state index contributed by atoms with van der Waals surface area (Å²) in [6, 6.07) is 0. The Hall–Kier alpha value is -0.470. The number of hydrogen-bond donors (Lipinski definition) is 6. The first-order chi connectivity index (χ1) is 10.3. The molecule has 23 heavy (non-hydrogen) atoms. The lowest BCUT2D eigenvalue weighted by atomic mass is 10.4. The van der Waals surface area contributed by atoms with E-state index in [1.54, 1.807) is 0 Å². The molecule has 17 heteroatoms. The lowest BCUT2D eigenvalue weighted by Gasteiger charge is -2.19. The van der Waals surface area contributed by atoms with Crippen molar-refractivity contribution >= 4 is 31.0 Å². The van der Waals surface area contributed by atoms with Gasteiger partial charge in [-0.1, -0.05) is 0 Å². The Morgan fingerprint density at radius 3 is 1.26 bits per heavy atom. The fourth-order valence-electron chi connectivity index (χ4n) is 1.13. The summed E-state index contributed by atoms with van der Waals surface area (Å²) in [5, 5.41) is 17.3. The Morgan fingerprint density at radius 1 is 0.739 bits per heavy atom. The van der Waals surface area contributed by atoms with Crippen LogP contribution in [0.25, 0.3) is 0 Å². The van der Waals surface area contributed by atoms with E-state index in [9.17, 15) is 25.3 Å². The number of aliphatic hydroxyl groups excluding tert-OH is 2. The van der Waals surface area contributed by atoms with Gasteiger partial charge in [-0.3, -0.25) is 9.11 Å². The minimum Gasteiger partial charge on any atom is -0.396 e. The van der Waals surface area contributed by atoms with Crippen molar-refractivity contribution < 1.29 is 52.9 Å². The highest BCUT2D eigenvalue weighted by Crippen LogP contribution is 2.09. The molecule has 0 aromatic rings. The second-order valence-electron chi connectivity index (χ2n) is 3.79. The third-order valence-electron chi connectivity index (χ3n) is 1.81. The van der Waals surface area contributed by atoms with Gasteiger partial charge in [-0.15, -0.1) is 0 Å². The monoisotopic (exact) mass is 404 g/mol. The fourth-order valence-corrected chi connectivity index (χ4v) is 3.15. The van der Waals surface area contributed by atoms with Crippen molar-refractivity contribution in [2.75, 3.05) is 13.2 Å². The van der Waals surface area contributed by atoms with Gasteiger partial charge in [-0.2, -0.15) is 34.7 Å². The Kier molecular flexibility index (Phi) is 8.94. The molecule has 0 aliphatic carbocycles. The van der Waals surface area contributed by atoms with Crippen LogP contribution < -0.4 is 9.44 Å². The lowest BCUT2D eigenvalue weighted by Crippen LogP contribution is -2.42. The van der Waals surface area contributed by atoms with Gasteiger partial charge in [-0.05, 0) is 0 Å². The zero-order valence-corrected chi connectivity index (χ0v) is 13.7. The van der Waals surface area contributed by atoms with Crippen molar-refractivity contribution in [3.8, 4) is 0 Å². The van der Waals surface area contributed by atoms with Gasteiger partial charge in [0.05, 0.1) is 0 Å². The molecule has 0 radical (unpaired) electrons. The van der Waals surface area contributed by atoms with Gasteiger partial charge >= 0.3 is 31.0 Å². The molecule has 0 rings (SSSR count). The van der Waals surface area contributed by atoms with Crippen molar-refractivity contribution in [3.05, 3.63) is 0 Å². The first-order valence-electron chi connectivity index (χ1n) is 5.60. The quantitative estimate of drug-likeness (QED) is 0.137. The number of rotatable bonds is 12. The highest BCUT2D eigenvalue weighted by molar-refractivity contribution is 7.84. The Labute approximate surface area is 132 Å². The Morgan fingerprint density at radius 2 is 1.04 bits per heavy atom. The Balaban J connectivity index is 5.05. The molecule has 14 nitrogen and oxygen atoms in total. The Bertz CT molecular complexity index is 603. The molecule has 0 spiro atoms. The third-order valence-corrected chi connectivity index (χ3v) is 3.87. The maximum absolute atomic E-state index is 11.5. The molecule has 0 saturated carbocycles. The summed E-state index contributed by atoms with van der Waals surface area (Å²) in [7, 11) is -14.8. The largest absolute Gasteiger partial charge is 0.402 e. The number of hydrogen-bond acceptors (Lipinski definition) is 10. The average molecular weight is 404 g/mol. The van der Waals surface area contributed by atoms with Gasteiger partial charge in [0.25, 0.3) is 0 Å². The third kappa shape index (κ3) is 12.6. The minimum absolute atomic E-state index is 0.612. The SMILES string of the molecule is O=S(=O)(O)NC(CCO)OS(=O)(=O)OC(CCO)NS(=O)(=O)O. The van der Waals surface area contributed by atoms with Crippen molar-refractivity contribution in [1.82, 2.24) is 9.44 Å². The van der Waals surface area contributed by atoms with Crippen LogP contribution >= 0.6 is 0 Å². The van der Waals surface area contributed by atoms with E-state index >= 15 is 0 Å². The van der Waals surface area contributed by atoms with Crippen LogP contribution in [0.4, 0.5) is 0 Å². The summed E-state index contributed by atoms with van der Waals surface area (Å²) < 4.78 is 93.6. The standard InChI is InChI=1S/C6H16N2O12S3/c9-3-1-5(7-21(11,12)13)19-23(17,18)20-6(2-4-10)8-22(14,15)16/h5-10H,1-4H2,(H,11,12,13)(H,14,15,16). The first-order valence-corrected chi connectivity index (χ1v) is 9.82. The highest BCUT2D eigenvalue weighted by atomic mass is 32.3. The number of aliphatic hydroxyl groups is 2. The van der Waals surface area contributed by atoms with Gasteiger partial charge in [-0.25, -0.2) is 8.37 Å². The normalized spacial score (nSPS) is 16.2. The van der Waals surface area contributed by atoms with Crippen LogP contribution in [0.3, 0.4) is 0 Å². The van der Waals surface area contributed by atoms with E-state index in [4.69, 9.17) is 19.3 Å². The smallest absolute Gasteiger partial charge is 0.396 e. The van der Waals surface area contributed by atoms with E-state index < -0.39 is 69.5 Å². The molecule has 2 atom stereocenters. The van der Waals surface area contributed by atoms with E-state index in [0.717, 1.165) is 0 Å². The maximum Gasteiger partial charge on any atom is 0.402 e. The fraction of sp³-hybridized carbons (Fsp3) is 1.00. The molecule has 6 N–H and O–H groups in total. The molecule has 0 aromatic heterocycles. The van der Waals surface area contributed by atoms with Crippen molar-refractivity contribution in [2.24, 2.45) is 0 Å². The van der Waals surface area contributed by atoms with Crippen LogP contribution in [-0.2, 0) is 39.4 Å². The van der Waals surface area contributed by atoms with Crippen LogP contribution in [0.2, 0.25) is 0 Å². The second kappa shape index (κ2) is 9.13. The molecule has 0 heterocycles. The molecule has 0 aliphatic rings. The van der Waals surface area contributed by atoms with Crippen LogP contribution in [0.15, 0.2) is 0 Å².